The fourth-order valence-corrected chi connectivity index (χ4v) is 2.01. The van der Waals surface area contributed by atoms with Gasteiger partial charge in [0.1, 0.15) is 11.5 Å². The summed E-state index contributed by atoms with van der Waals surface area (Å²) in [6, 6.07) is 7.27. The van der Waals surface area contributed by atoms with Crippen molar-refractivity contribution in [2.24, 2.45) is 0 Å². The smallest absolute Gasteiger partial charge is 0.197 e. The zero-order valence-corrected chi connectivity index (χ0v) is 9.85. The van der Waals surface area contributed by atoms with E-state index in [1.54, 1.807) is 24.5 Å². The average molecular weight is 255 g/mol. The first kappa shape index (κ1) is 11.4. The van der Waals surface area contributed by atoms with E-state index in [0.29, 0.717) is 16.6 Å². The lowest BCUT2D eigenvalue weighted by Crippen LogP contribution is -2.05. The molecule has 2 heterocycles. The topological polar surface area (TPSA) is 71.8 Å². The van der Waals surface area contributed by atoms with Crippen LogP contribution < -0.4 is 5.73 Å². The summed E-state index contributed by atoms with van der Waals surface area (Å²) in [7, 11) is 0. The molecule has 0 radical (unpaired) electrons. The molecule has 4 nitrogen and oxygen atoms in total. The molecule has 5 heteroatoms. The summed E-state index contributed by atoms with van der Waals surface area (Å²) < 4.78 is 13.2. The first-order chi connectivity index (χ1) is 9.16. The van der Waals surface area contributed by atoms with Crippen molar-refractivity contribution >= 4 is 22.5 Å². The van der Waals surface area contributed by atoms with Gasteiger partial charge in [0, 0.05) is 34.6 Å². The summed E-state index contributed by atoms with van der Waals surface area (Å²) in [5.74, 6) is -0.813. The molecule has 0 unspecified atom stereocenters. The van der Waals surface area contributed by atoms with Crippen molar-refractivity contribution in [2.45, 2.75) is 0 Å². The number of hydrogen-bond donors (Lipinski definition) is 2. The molecule has 0 spiro atoms. The Hall–Kier alpha value is -2.69. The Morgan fingerprint density at radius 3 is 2.95 bits per heavy atom. The SMILES string of the molecule is Nc1ccc(F)cc1C(=O)c1c[nH]c2ncccc12. The Bertz CT molecular complexity index is 779. The van der Waals surface area contributed by atoms with Crippen LogP contribution in [0.15, 0.2) is 42.7 Å². The van der Waals surface area contributed by atoms with Crippen LogP contribution >= 0.6 is 0 Å². The summed E-state index contributed by atoms with van der Waals surface area (Å²) in [6.07, 6.45) is 3.19. The highest BCUT2D eigenvalue weighted by Crippen LogP contribution is 2.22. The third kappa shape index (κ3) is 1.85. The van der Waals surface area contributed by atoms with Crippen LogP contribution in [-0.4, -0.2) is 15.8 Å². The number of aromatic nitrogens is 2. The zero-order valence-electron chi connectivity index (χ0n) is 9.85. The number of nitrogen functional groups attached to an aromatic ring is 1. The van der Waals surface area contributed by atoms with E-state index in [9.17, 15) is 9.18 Å². The van der Waals surface area contributed by atoms with Gasteiger partial charge in [0.15, 0.2) is 5.78 Å². The number of nitrogens with one attached hydrogen (secondary N) is 1. The lowest BCUT2D eigenvalue weighted by Gasteiger charge is -2.04. The van der Waals surface area contributed by atoms with Crippen LogP contribution in [0.4, 0.5) is 10.1 Å². The lowest BCUT2D eigenvalue weighted by molar-refractivity contribution is 0.104. The maximum atomic E-state index is 13.2. The molecule has 19 heavy (non-hydrogen) atoms. The first-order valence-corrected chi connectivity index (χ1v) is 5.68. The van der Waals surface area contributed by atoms with Gasteiger partial charge in [0.2, 0.25) is 0 Å². The second-order valence-electron chi connectivity index (χ2n) is 4.16. The predicted molar refractivity (Wildman–Crippen MR) is 70.3 cm³/mol. The summed E-state index contributed by atoms with van der Waals surface area (Å²) >= 11 is 0. The van der Waals surface area contributed by atoms with Crippen molar-refractivity contribution in [3.8, 4) is 0 Å². The fourth-order valence-electron chi connectivity index (χ4n) is 2.01. The van der Waals surface area contributed by atoms with Crippen LogP contribution in [0.2, 0.25) is 0 Å². The molecular weight excluding hydrogens is 245 g/mol. The van der Waals surface area contributed by atoms with Crippen molar-refractivity contribution in [3.63, 3.8) is 0 Å². The Balaban J connectivity index is 2.16. The highest BCUT2D eigenvalue weighted by Gasteiger charge is 2.17. The van der Waals surface area contributed by atoms with Gasteiger partial charge in [-0.05, 0) is 30.3 Å². The number of benzene rings is 1. The second kappa shape index (κ2) is 4.20. The fraction of sp³-hybridized carbons (Fsp3) is 0. The van der Waals surface area contributed by atoms with Gasteiger partial charge in [-0.25, -0.2) is 9.37 Å². The van der Waals surface area contributed by atoms with Gasteiger partial charge in [-0.3, -0.25) is 4.79 Å². The molecule has 1 aromatic carbocycles. The normalized spacial score (nSPS) is 10.8. The van der Waals surface area contributed by atoms with Gasteiger partial charge in [0.25, 0.3) is 0 Å². The number of fused-ring (bicyclic) bond motifs is 1. The van der Waals surface area contributed by atoms with Crippen molar-refractivity contribution in [1.82, 2.24) is 9.97 Å². The number of ketones is 1. The van der Waals surface area contributed by atoms with Crippen LogP contribution in [0, 0.1) is 5.82 Å². The number of carbonyl (C=O) groups is 1. The number of aromatic amines is 1. The largest absolute Gasteiger partial charge is 0.398 e. The molecule has 0 aliphatic carbocycles. The number of anilines is 1. The van der Waals surface area contributed by atoms with Crippen LogP contribution in [0.3, 0.4) is 0 Å². The maximum absolute atomic E-state index is 13.2. The highest BCUT2D eigenvalue weighted by molar-refractivity contribution is 6.18. The minimum Gasteiger partial charge on any atom is -0.398 e. The molecule has 0 saturated carbocycles. The van der Waals surface area contributed by atoms with Crippen LogP contribution in [0.1, 0.15) is 15.9 Å². The molecule has 94 valence electrons. The quantitative estimate of drug-likeness (QED) is 0.546. The monoisotopic (exact) mass is 255 g/mol. The Kier molecular flexibility index (Phi) is 2.52. The van der Waals surface area contributed by atoms with Crippen molar-refractivity contribution in [1.29, 1.82) is 0 Å². The molecule has 0 aliphatic rings. The first-order valence-electron chi connectivity index (χ1n) is 5.68. The van der Waals surface area contributed by atoms with Crippen LogP contribution in [0.25, 0.3) is 11.0 Å². The maximum Gasteiger partial charge on any atom is 0.197 e. The van der Waals surface area contributed by atoms with Gasteiger partial charge in [0.05, 0.1) is 0 Å². The van der Waals surface area contributed by atoms with Gasteiger partial charge in [-0.2, -0.15) is 0 Å². The predicted octanol–water partition coefficient (Wildman–Crippen LogP) is 2.52. The van der Waals surface area contributed by atoms with E-state index in [4.69, 9.17) is 5.73 Å². The molecule has 0 atom stereocenters. The minimum absolute atomic E-state index is 0.157. The third-order valence-corrected chi connectivity index (χ3v) is 2.96. The molecule has 0 aliphatic heterocycles. The van der Waals surface area contributed by atoms with Crippen LogP contribution in [0.5, 0.6) is 0 Å². The Morgan fingerprint density at radius 2 is 2.11 bits per heavy atom. The molecule has 0 amide bonds. The number of pyridine rings is 1. The number of H-pyrrole nitrogens is 1. The van der Waals surface area contributed by atoms with E-state index in [0.717, 1.165) is 6.07 Å². The molecule has 0 saturated heterocycles. The highest BCUT2D eigenvalue weighted by atomic mass is 19.1. The van der Waals surface area contributed by atoms with Crippen LogP contribution in [-0.2, 0) is 0 Å². The van der Waals surface area contributed by atoms with E-state index < -0.39 is 5.82 Å². The van der Waals surface area contributed by atoms with Crippen molar-refractivity contribution in [2.75, 3.05) is 5.73 Å². The molecule has 2 aromatic heterocycles. The van der Waals surface area contributed by atoms with E-state index >= 15 is 0 Å². The zero-order chi connectivity index (χ0) is 13.4. The van der Waals surface area contributed by atoms with E-state index in [1.807, 2.05) is 0 Å². The summed E-state index contributed by atoms with van der Waals surface area (Å²) in [5, 5.41) is 0.691. The van der Waals surface area contributed by atoms with Gasteiger partial charge in [-0.15, -0.1) is 0 Å². The third-order valence-electron chi connectivity index (χ3n) is 2.96. The van der Waals surface area contributed by atoms with E-state index in [1.165, 1.54) is 12.1 Å². The number of rotatable bonds is 2. The number of halogens is 1. The molecular formula is C14H10FN3O. The number of nitrogens with zero attached hydrogens (tertiary/aromatic N) is 1. The van der Waals surface area contributed by atoms with E-state index in [-0.39, 0.29) is 17.0 Å². The molecule has 3 rings (SSSR count). The summed E-state index contributed by atoms with van der Waals surface area (Å²) in [5.41, 5.74) is 7.18. The molecule has 0 fully saturated rings. The molecule has 3 aromatic rings. The average Bonchev–Trinajstić information content (AvgIpc) is 2.84. The lowest BCUT2D eigenvalue weighted by atomic mass is 10.0. The summed E-state index contributed by atoms with van der Waals surface area (Å²) in [4.78, 5) is 19.4. The van der Waals surface area contributed by atoms with Gasteiger partial charge in [-0.1, -0.05) is 0 Å². The number of carbonyl (C=O) groups excluding carboxylic acids is 1. The summed E-state index contributed by atoms with van der Waals surface area (Å²) in [6.45, 7) is 0. The minimum atomic E-state index is -0.490. The number of nitrogens with two attached hydrogens (primary N) is 1. The Morgan fingerprint density at radius 1 is 1.26 bits per heavy atom. The van der Waals surface area contributed by atoms with Crippen molar-refractivity contribution < 1.29 is 9.18 Å². The number of hydrogen-bond acceptors (Lipinski definition) is 3. The Labute approximate surface area is 108 Å². The van der Waals surface area contributed by atoms with Crippen molar-refractivity contribution in [3.05, 3.63) is 59.7 Å². The standard InChI is InChI=1S/C14H10FN3O/c15-8-3-4-12(16)10(6-8)13(19)11-7-18-14-9(11)2-1-5-17-14/h1-7H,16H2,(H,17,18). The van der Waals surface area contributed by atoms with Gasteiger partial charge >= 0.3 is 0 Å². The molecule has 3 N–H and O–H groups in total. The van der Waals surface area contributed by atoms with Gasteiger partial charge < -0.3 is 10.7 Å². The van der Waals surface area contributed by atoms with E-state index in [2.05, 4.69) is 9.97 Å². The molecule has 0 bridgehead atoms. The second-order valence-corrected chi connectivity index (χ2v) is 4.16.